The number of phenolic OH excluding ortho intramolecular Hbond substituents is 1. The molecule has 2 amide bonds. The van der Waals surface area contributed by atoms with Crippen molar-refractivity contribution in [3.63, 3.8) is 0 Å². The largest absolute Gasteiger partial charge is 0.504 e. The van der Waals surface area contributed by atoms with Crippen LogP contribution in [0, 0.1) is 5.41 Å². The zero-order valence-corrected chi connectivity index (χ0v) is 11.3. The highest BCUT2D eigenvalue weighted by molar-refractivity contribution is 6.06. The highest BCUT2D eigenvalue weighted by atomic mass is 16.5. The molecule has 2 rings (SSSR count). The maximum atomic E-state index is 11.8. The lowest BCUT2D eigenvalue weighted by molar-refractivity contribution is 0.150. The Morgan fingerprint density at radius 3 is 2.85 bits per heavy atom. The van der Waals surface area contributed by atoms with Gasteiger partial charge in [0.05, 0.1) is 13.7 Å². The molecule has 0 spiro atoms. The molecule has 1 aromatic rings. The van der Waals surface area contributed by atoms with Gasteiger partial charge in [0.25, 0.3) is 0 Å². The number of hydrogen-bond acceptors (Lipinski definition) is 5. The van der Waals surface area contributed by atoms with Gasteiger partial charge in [0, 0.05) is 13.7 Å². The van der Waals surface area contributed by atoms with E-state index in [9.17, 15) is 9.90 Å². The first kappa shape index (κ1) is 14.1. The van der Waals surface area contributed by atoms with Crippen molar-refractivity contribution in [2.75, 3.05) is 27.4 Å². The third kappa shape index (κ3) is 2.53. The summed E-state index contributed by atoms with van der Waals surface area (Å²) in [6, 6.07) is 3.92. The summed E-state index contributed by atoms with van der Waals surface area (Å²) in [5.74, 6) is 0.420. The number of rotatable bonds is 5. The van der Waals surface area contributed by atoms with Crippen molar-refractivity contribution < 1.29 is 19.4 Å². The van der Waals surface area contributed by atoms with Crippen LogP contribution in [0.4, 0.5) is 4.79 Å². The number of urea groups is 1. The van der Waals surface area contributed by atoms with Gasteiger partial charge in [0.2, 0.25) is 0 Å². The van der Waals surface area contributed by atoms with Crippen LogP contribution in [0.5, 0.6) is 11.5 Å². The van der Waals surface area contributed by atoms with Gasteiger partial charge in [-0.3, -0.25) is 10.7 Å². The molecule has 20 heavy (non-hydrogen) atoms. The summed E-state index contributed by atoms with van der Waals surface area (Å²) in [5, 5.41) is 20.0. The molecule has 1 saturated heterocycles. The number of phenols is 1. The minimum atomic E-state index is -0.521. The molecule has 1 atom stereocenters. The van der Waals surface area contributed by atoms with Gasteiger partial charge in [-0.15, -0.1) is 0 Å². The highest BCUT2D eigenvalue weighted by Gasteiger charge is 2.36. The van der Waals surface area contributed by atoms with E-state index in [1.54, 1.807) is 19.2 Å². The molecule has 1 fully saturated rings. The van der Waals surface area contributed by atoms with E-state index in [0.29, 0.717) is 24.5 Å². The molecule has 1 unspecified atom stereocenters. The number of carbonyl (C=O) groups excluding carboxylic acids is 1. The van der Waals surface area contributed by atoms with Gasteiger partial charge in [-0.1, -0.05) is 6.07 Å². The van der Waals surface area contributed by atoms with Gasteiger partial charge in [0.1, 0.15) is 11.9 Å². The molecule has 3 N–H and O–H groups in total. The van der Waals surface area contributed by atoms with E-state index < -0.39 is 6.04 Å². The summed E-state index contributed by atoms with van der Waals surface area (Å²) in [6.07, 6.45) is 0. The molecule has 1 aliphatic rings. The maximum absolute atomic E-state index is 11.8. The monoisotopic (exact) mass is 279 g/mol. The molecule has 7 heteroatoms. The topological polar surface area (TPSA) is 94.9 Å². The maximum Gasteiger partial charge on any atom is 0.323 e. The van der Waals surface area contributed by atoms with E-state index in [1.165, 1.54) is 18.1 Å². The molecule has 1 aliphatic heterocycles. The lowest BCUT2D eigenvalue weighted by Crippen LogP contribution is -2.32. The molecule has 0 aromatic heterocycles. The fraction of sp³-hybridized carbons (Fsp3) is 0.385. The number of amides is 2. The van der Waals surface area contributed by atoms with Crippen LogP contribution in [-0.2, 0) is 4.74 Å². The fourth-order valence-electron chi connectivity index (χ4n) is 2.16. The Balaban J connectivity index is 2.32. The standard InChI is InChI=1S/C13H17N3O4/c1-19-6-5-16-11(12(14)15-13(16)18)8-3-4-9(17)10(7-8)20-2/h3-4,7,11,17H,5-6H2,1-2H3,(H2,14,15,18). The summed E-state index contributed by atoms with van der Waals surface area (Å²) < 4.78 is 10.0. The van der Waals surface area contributed by atoms with Gasteiger partial charge >= 0.3 is 6.03 Å². The van der Waals surface area contributed by atoms with E-state index in [0.717, 1.165) is 0 Å². The number of hydrogen-bond donors (Lipinski definition) is 3. The molecule has 1 heterocycles. The van der Waals surface area contributed by atoms with Gasteiger partial charge < -0.3 is 19.5 Å². The lowest BCUT2D eigenvalue weighted by Gasteiger charge is -2.23. The molecule has 7 nitrogen and oxygen atoms in total. The smallest absolute Gasteiger partial charge is 0.323 e. The average Bonchev–Trinajstić information content (AvgIpc) is 2.71. The number of methoxy groups -OCH3 is 2. The minimum absolute atomic E-state index is 0.0171. The molecule has 0 saturated carbocycles. The Hall–Kier alpha value is -2.28. The van der Waals surface area contributed by atoms with E-state index in [4.69, 9.17) is 14.9 Å². The number of ether oxygens (including phenoxy) is 2. The quantitative estimate of drug-likeness (QED) is 0.752. The summed E-state index contributed by atoms with van der Waals surface area (Å²) in [7, 11) is 3.00. The Labute approximate surface area is 116 Å². The fourth-order valence-corrected chi connectivity index (χ4v) is 2.16. The molecule has 0 aliphatic carbocycles. The zero-order valence-electron chi connectivity index (χ0n) is 11.3. The van der Waals surface area contributed by atoms with E-state index in [1.807, 2.05) is 0 Å². The number of aromatic hydroxyl groups is 1. The molecule has 0 radical (unpaired) electrons. The van der Waals surface area contributed by atoms with Crippen LogP contribution in [0.1, 0.15) is 11.6 Å². The predicted molar refractivity (Wildman–Crippen MR) is 72.2 cm³/mol. The second-order valence-electron chi connectivity index (χ2n) is 4.36. The number of carbonyl (C=O) groups is 1. The Bertz CT molecular complexity index is 532. The highest BCUT2D eigenvalue weighted by Crippen LogP contribution is 2.33. The Morgan fingerprint density at radius 1 is 1.45 bits per heavy atom. The van der Waals surface area contributed by atoms with Crippen LogP contribution in [0.25, 0.3) is 0 Å². The first-order valence-corrected chi connectivity index (χ1v) is 6.10. The number of nitrogens with one attached hydrogen (secondary N) is 2. The third-order valence-electron chi connectivity index (χ3n) is 3.14. The number of nitrogens with zero attached hydrogens (tertiary/aromatic N) is 1. The zero-order chi connectivity index (χ0) is 14.7. The molecule has 0 bridgehead atoms. The normalized spacial score (nSPS) is 18.3. The molecule has 108 valence electrons. The second-order valence-corrected chi connectivity index (χ2v) is 4.36. The van der Waals surface area contributed by atoms with Crippen molar-refractivity contribution in [3.05, 3.63) is 23.8 Å². The summed E-state index contributed by atoms with van der Waals surface area (Å²) in [5.41, 5.74) is 0.694. The van der Waals surface area contributed by atoms with Crippen LogP contribution in [0.2, 0.25) is 0 Å². The van der Waals surface area contributed by atoms with Gasteiger partial charge in [-0.25, -0.2) is 4.79 Å². The van der Waals surface area contributed by atoms with E-state index in [2.05, 4.69) is 5.32 Å². The SMILES string of the molecule is COCCN1C(=O)NC(=N)C1c1ccc(O)c(OC)c1. The number of amidine groups is 1. The van der Waals surface area contributed by atoms with Crippen molar-refractivity contribution in [1.29, 1.82) is 5.41 Å². The Kier molecular flexibility index (Phi) is 4.09. The van der Waals surface area contributed by atoms with E-state index in [-0.39, 0.29) is 17.6 Å². The molecular weight excluding hydrogens is 262 g/mol. The molecular formula is C13H17N3O4. The number of benzene rings is 1. The van der Waals surface area contributed by atoms with Crippen LogP contribution < -0.4 is 10.1 Å². The van der Waals surface area contributed by atoms with Crippen LogP contribution in [0.3, 0.4) is 0 Å². The van der Waals surface area contributed by atoms with Crippen molar-refractivity contribution in [1.82, 2.24) is 10.2 Å². The van der Waals surface area contributed by atoms with Crippen molar-refractivity contribution in [3.8, 4) is 11.5 Å². The van der Waals surface area contributed by atoms with Crippen LogP contribution in [0.15, 0.2) is 18.2 Å². The summed E-state index contributed by atoms with van der Waals surface area (Å²) in [4.78, 5) is 13.3. The molecule has 1 aromatic carbocycles. The van der Waals surface area contributed by atoms with Crippen molar-refractivity contribution >= 4 is 11.9 Å². The summed E-state index contributed by atoms with van der Waals surface area (Å²) >= 11 is 0. The van der Waals surface area contributed by atoms with Crippen molar-refractivity contribution in [2.24, 2.45) is 0 Å². The van der Waals surface area contributed by atoms with E-state index >= 15 is 0 Å². The van der Waals surface area contributed by atoms with Crippen LogP contribution in [-0.4, -0.2) is 49.2 Å². The predicted octanol–water partition coefficient (Wildman–Crippen LogP) is 1.09. The minimum Gasteiger partial charge on any atom is -0.504 e. The first-order valence-electron chi connectivity index (χ1n) is 6.10. The van der Waals surface area contributed by atoms with Gasteiger partial charge in [-0.05, 0) is 17.7 Å². The van der Waals surface area contributed by atoms with Gasteiger partial charge in [0.15, 0.2) is 11.5 Å². The van der Waals surface area contributed by atoms with Gasteiger partial charge in [-0.2, -0.15) is 0 Å². The Morgan fingerprint density at radius 2 is 2.20 bits per heavy atom. The average molecular weight is 279 g/mol. The second kappa shape index (κ2) is 5.79. The summed E-state index contributed by atoms with van der Waals surface area (Å²) in [6.45, 7) is 0.755. The van der Waals surface area contributed by atoms with Crippen LogP contribution >= 0.6 is 0 Å². The van der Waals surface area contributed by atoms with Crippen molar-refractivity contribution in [2.45, 2.75) is 6.04 Å². The third-order valence-corrected chi connectivity index (χ3v) is 3.14. The lowest BCUT2D eigenvalue weighted by atomic mass is 10.0. The first-order chi connectivity index (χ1) is 9.58.